The highest BCUT2D eigenvalue weighted by Gasteiger charge is 2.14. The van der Waals surface area contributed by atoms with Crippen LogP contribution in [-0.2, 0) is 17.6 Å². The minimum absolute atomic E-state index is 0. The highest BCUT2D eigenvalue weighted by atomic mass is 127. The van der Waals surface area contributed by atoms with E-state index in [0.717, 1.165) is 29.8 Å². The summed E-state index contributed by atoms with van der Waals surface area (Å²) in [4.78, 5) is 15.7. The van der Waals surface area contributed by atoms with E-state index >= 15 is 0 Å². The van der Waals surface area contributed by atoms with Crippen LogP contribution in [-0.4, -0.2) is 31.6 Å². The number of hydrogen-bond acceptors (Lipinski definition) is 3. The number of anilines is 1. The molecule has 3 rings (SSSR count). The molecule has 4 N–H and O–H groups in total. The highest BCUT2D eigenvalue weighted by Crippen LogP contribution is 2.26. The van der Waals surface area contributed by atoms with Crippen molar-refractivity contribution in [2.75, 3.05) is 25.0 Å². The first kappa shape index (κ1) is 21.0. The van der Waals surface area contributed by atoms with Gasteiger partial charge in [-0.05, 0) is 42.2 Å². The van der Waals surface area contributed by atoms with Crippen molar-refractivity contribution in [1.29, 1.82) is 0 Å². The number of ether oxygens (including phenoxy) is 1. The minimum atomic E-state index is 0. The van der Waals surface area contributed by atoms with Gasteiger partial charge in [0.05, 0.1) is 6.54 Å². The molecule has 0 saturated heterocycles. The molecule has 0 bridgehead atoms. The molecular formula is C20H25IN4O2. The standard InChI is InChI=1S/C20H24N4O2.HI/c21-20(22-11-10-15-4-2-1-3-5-15)23-12-13-26-17-7-8-18-16(14-17)6-9-19(25)24-18;/h1-5,7-8,14H,6,9-13H2,(H,24,25)(H3,21,22,23);1H. The first-order chi connectivity index (χ1) is 12.7. The normalized spacial score (nSPS) is 13.2. The molecule has 0 spiro atoms. The zero-order valence-electron chi connectivity index (χ0n) is 15.1. The number of nitrogens with two attached hydrogens (primary N) is 1. The van der Waals surface area contributed by atoms with E-state index in [2.05, 4.69) is 27.8 Å². The number of amides is 1. The van der Waals surface area contributed by atoms with Crippen LogP contribution in [0, 0.1) is 0 Å². The summed E-state index contributed by atoms with van der Waals surface area (Å²) in [5.41, 5.74) is 9.10. The quantitative estimate of drug-likeness (QED) is 0.246. The van der Waals surface area contributed by atoms with Gasteiger partial charge in [0.25, 0.3) is 0 Å². The number of aliphatic imine (C=N–C) groups is 1. The van der Waals surface area contributed by atoms with Crippen molar-refractivity contribution in [1.82, 2.24) is 5.32 Å². The molecule has 0 aromatic heterocycles. The Morgan fingerprint density at radius 2 is 2.00 bits per heavy atom. The summed E-state index contributed by atoms with van der Waals surface area (Å²) >= 11 is 0. The molecule has 144 valence electrons. The fourth-order valence-corrected chi connectivity index (χ4v) is 2.80. The lowest BCUT2D eigenvalue weighted by Gasteiger charge is -2.17. The Hall–Kier alpha value is -2.29. The van der Waals surface area contributed by atoms with Crippen LogP contribution in [0.15, 0.2) is 53.5 Å². The number of nitrogens with one attached hydrogen (secondary N) is 2. The summed E-state index contributed by atoms with van der Waals surface area (Å²) in [5, 5.41) is 5.91. The lowest BCUT2D eigenvalue weighted by Crippen LogP contribution is -2.35. The van der Waals surface area contributed by atoms with Gasteiger partial charge < -0.3 is 21.1 Å². The molecule has 1 aliphatic rings. The Morgan fingerprint density at radius 1 is 1.19 bits per heavy atom. The topological polar surface area (TPSA) is 88.7 Å². The highest BCUT2D eigenvalue weighted by molar-refractivity contribution is 14.0. The molecule has 0 fully saturated rings. The third kappa shape index (κ3) is 6.74. The number of hydrogen-bond donors (Lipinski definition) is 3. The van der Waals surface area contributed by atoms with Gasteiger partial charge in [-0.3, -0.25) is 9.79 Å². The Balaban J connectivity index is 0.00000261. The molecular weight excluding hydrogens is 455 g/mol. The Labute approximate surface area is 176 Å². The van der Waals surface area contributed by atoms with Crippen LogP contribution < -0.4 is 21.1 Å². The first-order valence-electron chi connectivity index (χ1n) is 8.84. The molecule has 0 unspecified atom stereocenters. The van der Waals surface area contributed by atoms with Crippen LogP contribution in [0.2, 0.25) is 0 Å². The number of carbonyl (C=O) groups excluding carboxylic acids is 1. The number of guanidine groups is 1. The molecule has 2 aromatic rings. The van der Waals surface area contributed by atoms with Crippen LogP contribution in [0.25, 0.3) is 0 Å². The van der Waals surface area contributed by atoms with Gasteiger partial charge in [0, 0.05) is 18.7 Å². The molecule has 0 radical (unpaired) electrons. The lowest BCUT2D eigenvalue weighted by molar-refractivity contribution is -0.116. The summed E-state index contributed by atoms with van der Waals surface area (Å²) in [7, 11) is 0. The van der Waals surface area contributed by atoms with Crippen molar-refractivity contribution in [3.05, 3.63) is 59.7 Å². The molecule has 0 saturated carbocycles. The second-order valence-electron chi connectivity index (χ2n) is 6.14. The molecule has 7 heteroatoms. The largest absolute Gasteiger partial charge is 0.492 e. The molecule has 1 aliphatic heterocycles. The van der Waals surface area contributed by atoms with Gasteiger partial charge >= 0.3 is 0 Å². The van der Waals surface area contributed by atoms with Crippen LogP contribution >= 0.6 is 24.0 Å². The molecule has 2 aromatic carbocycles. The maximum atomic E-state index is 11.4. The summed E-state index contributed by atoms with van der Waals surface area (Å²) < 4.78 is 5.74. The third-order valence-electron chi connectivity index (χ3n) is 4.17. The van der Waals surface area contributed by atoms with Crippen molar-refractivity contribution in [3.63, 3.8) is 0 Å². The number of nitrogens with zero attached hydrogens (tertiary/aromatic N) is 1. The summed E-state index contributed by atoms with van der Waals surface area (Å²) in [6.07, 6.45) is 2.14. The second-order valence-corrected chi connectivity index (χ2v) is 6.14. The van der Waals surface area contributed by atoms with E-state index in [0.29, 0.717) is 32.1 Å². The van der Waals surface area contributed by atoms with Crippen molar-refractivity contribution in [3.8, 4) is 5.75 Å². The molecule has 0 atom stereocenters. The zero-order valence-corrected chi connectivity index (χ0v) is 17.4. The van der Waals surface area contributed by atoms with Crippen LogP contribution in [0.1, 0.15) is 17.5 Å². The van der Waals surface area contributed by atoms with Gasteiger partial charge in [-0.2, -0.15) is 0 Å². The van der Waals surface area contributed by atoms with E-state index in [1.54, 1.807) is 0 Å². The van der Waals surface area contributed by atoms with E-state index in [-0.39, 0.29) is 29.9 Å². The molecule has 27 heavy (non-hydrogen) atoms. The monoisotopic (exact) mass is 480 g/mol. The fraction of sp³-hybridized carbons (Fsp3) is 0.300. The molecule has 1 amide bonds. The van der Waals surface area contributed by atoms with Crippen LogP contribution in [0.4, 0.5) is 5.69 Å². The Morgan fingerprint density at radius 3 is 2.81 bits per heavy atom. The maximum absolute atomic E-state index is 11.4. The second kappa shape index (κ2) is 10.8. The lowest BCUT2D eigenvalue weighted by atomic mass is 10.0. The fourth-order valence-electron chi connectivity index (χ4n) is 2.80. The summed E-state index contributed by atoms with van der Waals surface area (Å²) in [6.45, 7) is 1.72. The average molecular weight is 480 g/mol. The van der Waals surface area contributed by atoms with Crippen molar-refractivity contribution >= 4 is 41.5 Å². The van der Waals surface area contributed by atoms with Gasteiger partial charge in [-0.25, -0.2) is 0 Å². The maximum Gasteiger partial charge on any atom is 0.224 e. The number of rotatable bonds is 7. The predicted molar refractivity (Wildman–Crippen MR) is 119 cm³/mol. The van der Waals surface area contributed by atoms with E-state index in [1.807, 2.05) is 36.4 Å². The summed E-state index contributed by atoms with van der Waals surface area (Å²) in [5.74, 6) is 1.29. The van der Waals surface area contributed by atoms with Gasteiger partial charge in [-0.15, -0.1) is 24.0 Å². The zero-order chi connectivity index (χ0) is 18.2. The van der Waals surface area contributed by atoms with E-state index in [4.69, 9.17) is 10.5 Å². The van der Waals surface area contributed by atoms with Crippen molar-refractivity contribution in [2.45, 2.75) is 19.3 Å². The van der Waals surface area contributed by atoms with Gasteiger partial charge in [0.2, 0.25) is 5.91 Å². The SMILES string of the molecule is I.NC(=NCCc1ccccc1)NCCOc1ccc2c(c1)CCC(=O)N2. The molecule has 1 heterocycles. The van der Waals surface area contributed by atoms with E-state index in [9.17, 15) is 4.79 Å². The van der Waals surface area contributed by atoms with Crippen molar-refractivity contribution in [2.24, 2.45) is 10.7 Å². The number of fused-ring (bicyclic) bond motifs is 1. The molecule has 6 nitrogen and oxygen atoms in total. The first-order valence-corrected chi connectivity index (χ1v) is 8.84. The average Bonchev–Trinajstić information content (AvgIpc) is 2.66. The molecule has 0 aliphatic carbocycles. The van der Waals surface area contributed by atoms with Crippen LogP contribution in [0.5, 0.6) is 5.75 Å². The van der Waals surface area contributed by atoms with Gasteiger partial charge in [-0.1, -0.05) is 30.3 Å². The van der Waals surface area contributed by atoms with Crippen molar-refractivity contribution < 1.29 is 9.53 Å². The van der Waals surface area contributed by atoms with E-state index < -0.39 is 0 Å². The number of carbonyl (C=O) groups is 1. The van der Waals surface area contributed by atoms with Crippen LogP contribution in [0.3, 0.4) is 0 Å². The third-order valence-corrected chi connectivity index (χ3v) is 4.17. The summed E-state index contributed by atoms with van der Waals surface area (Å²) in [6, 6.07) is 15.9. The van der Waals surface area contributed by atoms with E-state index in [1.165, 1.54) is 5.56 Å². The Bertz CT molecular complexity index is 781. The Kier molecular flexibility index (Phi) is 8.38. The van der Waals surface area contributed by atoms with Gasteiger partial charge in [0.1, 0.15) is 12.4 Å². The smallest absolute Gasteiger partial charge is 0.224 e. The van der Waals surface area contributed by atoms with Gasteiger partial charge in [0.15, 0.2) is 5.96 Å². The number of aryl methyl sites for hydroxylation is 1. The number of halogens is 1. The minimum Gasteiger partial charge on any atom is -0.492 e. The predicted octanol–water partition coefficient (Wildman–Crippen LogP) is 2.72. The number of benzene rings is 2.